The van der Waals surface area contributed by atoms with E-state index in [0.29, 0.717) is 10.7 Å². The van der Waals surface area contributed by atoms with Crippen molar-refractivity contribution in [1.82, 2.24) is 4.90 Å². The van der Waals surface area contributed by atoms with Crippen LogP contribution in [0.5, 0.6) is 0 Å². The van der Waals surface area contributed by atoms with Gasteiger partial charge in [0.25, 0.3) is 0 Å². The summed E-state index contributed by atoms with van der Waals surface area (Å²) in [6, 6.07) is 4.85. The van der Waals surface area contributed by atoms with Crippen molar-refractivity contribution in [2.75, 3.05) is 11.9 Å². The molecular formula is C13H19ClN4O. The van der Waals surface area contributed by atoms with Gasteiger partial charge in [-0.05, 0) is 32.4 Å². The fraction of sp³-hybridized carbons (Fsp3) is 0.385. The molecule has 19 heavy (non-hydrogen) atoms. The van der Waals surface area contributed by atoms with Crippen molar-refractivity contribution in [1.29, 1.82) is 5.41 Å². The third kappa shape index (κ3) is 3.17. The van der Waals surface area contributed by atoms with Gasteiger partial charge in [0, 0.05) is 13.1 Å². The number of nitrogens with one attached hydrogen (secondary N) is 1. The summed E-state index contributed by atoms with van der Waals surface area (Å²) in [7, 11) is 1.62. The number of halogens is 1. The van der Waals surface area contributed by atoms with Crippen LogP contribution in [0.3, 0.4) is 0 Å². The lowest BCUT2D eigenvalue weighted by atomic mass is 10.2. The number of guanidine groups is 1. The molecule has 0 aliphatic heterocycles. The summed E-state index contributed by atoms with van der Waals surface area (Å²) in [6.07, 6.45) is 0. The molecule has 0 radical (unpaired) electrons. The number of para-hydroxylation sites is 1. The summed E-state index contributed by atoms with van der Waals surface area (Å²) in [5.74, 6) is -0.281. The van der Waals surface area contributed by atoms with Crippen molar-refractivity contribution in [3.05, 3.63) is 28.8 Å². The van der Waals surface area contributed by atoms with Crippen LogP contribution in [0, 0.1) is 12.3 Å². The maximum absolute atomic E-state index is 12.4. The molecule has 1 aromatic carbocycles. The molecule has 5 nitrogen and oxygen atoms in total. The lowest BCUT2D eigenvalue weighted by Gasteiger charge is -2.30. The van der Waals surface area contributed by atoms with Gasteiger partial charge >= 0.3 is 6.03 Å². The summed E-state index contributed by atoms with van der Waals surface area (Å²) in [4.78, 5) is 15.0. The molecule has 0 aliphatic carbocycles. The molecule has 0 unspecified atom stereocenters. The number of amides is 2. The Balaban J connectivity index is 3.15. The zero-order chi connectivity index (χ0) is 14.7. The van der Waals surface area contributed by atoms with Gasteiger partial charge in [0.2, 0.25) is 0 Å². The molecule has 1 rings (SSSR count). The quantitative estimate of drug-likeness (QED) is 0.646. The van der Waals surface area contributed by atoms with Crippen LogP contribution in [0.4, 0.5) is 10.5 Å². The zero-order valence-corrected chi connectivity index (χ0v) is 12.3. The van der Waals surface area contributed by atoms with Crippen LogP contribution in [0.15, 0.2) is 18.2 Å². The summed E-state index contributed by atoms with van der Waals surface area (Å²) >= 11 is 6.13. The van der Waals surface area contributed by atoms with Crippen LogP contribution >= 0.6 is 11.6 Å². The fourth-order valence-electron chi connectivity index (χ4n) is 1.91. The van der Waals surface area contributed by atoms with E-state index in [1.807, 2.05) is 19.1 Å². The van der Waals surface area contributed by atoms with Gasteiger partial charge in [-0.15, -0.1) is 0 Å². The Morgan fingerprint density at radius 1 is 1.42 bits per heavy atom. The molecule has 0 aliphatic rings. The lowest BCUT2D eigenvalue weighted by molar-refractivity contribution is 0.220. The molecule has 0 heterocycles. The van der Waals surface area contributed by atoms with Crippen LogP contribution in [-0.2, 0) is 0 Å². The first kappa shape index (κ1) is 15.3. The highest BCUT2D eigenvalue weighted by molar-refractivity contribution is 6.34. The fourth-order valence-corrected chi connectivity index (χ4v) is 2.26. The number of rotatable bonds is 2. The van der Waals surface area contributed by atoms with Crippen molar-refractivity contribution >= 4 is 29.3 Å². The molecule has 6 heteroatoms. The number of hydrogen-bond donors (Lipinski definition) is 2. The number of carbonyl (C=O) groups is 1. The predicted molar refractivity (Wildman–Crippen MR) is 78.9 cm³/mol. The van der Waals surface area contributed by atoms with Gasteiger partial charge in [0.15, 0.2) is 5.96 Å². The molecule has 0 spiro atoms. The minimum Gasteiger partial charge on any atom is -0.370 e. The molecule has 104 valence electrons. The Morgan fingerprint density at radius 3 is 2.42 bits per heavy atom. The van der Waals surface area contributed by atoms with Crippen molar-refractivity contribution < 1.29 is 4.79 Å². The Kier molecular flexibility index (Phi) is 4.78. The van der Waals surface area contributed by atoms with Gasteiger partial charge in [-0.2, -0.15) is 0 Å². The minimum absolute atomic E-state index is 0.199. The number of benzene rings is 1. The van der Waals surface area contributed by atoms with Crippen molar-refractivity contribution in [2.24, 2.45) is 5.73 Å². The van der Waals surface area contributed by atoms with E-state index in [1.54, 1.807) is 27.0 Å². The molecule has 1 aromatic rings. The SMILES string of the molecule is Cc1cccc(Cl)c1N(C)C(=O)N(C(=N)N)C(C)C. The Bertz CT molecular complexity index is 481. The highest BCUT2D eigenvalue weighted by Crippen LogP contribution is 2.29. The Hall–Kier alpha value is -1.75. The number of carbonyl (C=O) groups excluding carboxylic acids is 1. The lowest BCUT2D eigenvalue weighted by Crippen LogP contribution is -2.51. The standard InChI is InChI=1S/C13H19ClN4O/c1-8(2)18(12(15)16)13(19)17(4)11-9(3)6-5-7-10(11)14/h5-8H,1-4H3,(H3,15,16). The van der Waals surface area contributed by atoms with Crippen LogP contribution < -0.4 is 10.6 Å². The van der Waals surface area contributed by atoms with E-state index >= 15 is 0 Å². The molecule has 0 atom stereocenters. The first-order valence-corrected chi connectivity index (χ1v) is 6.31. The summed E-state index contributed by atoms with van der Waals surface area (Å²) in [5.41, 5.74) is 6.97. The summed E-state index contributed by atoms with van der Waals surface area (Å²) in [6.45, 7) is 5.47. The van der Waals surface area contributed by atoms with Crippen molar-refractivity contribution in [3.63, 3.8) is 0 Å². The molecule has 0 saturated carbocycles. The number of nitrogens with two attached hydrogens (primary N) is 1. The second kappa shape index (κ2) is 5.93. The van der Waals surface area contributed by atoms with E-state index in [-0.39, 0.29) is 18.0 Å². The monoisotopic (exact) mass is 282 g/mol. The second-order valence-corrected chi connectivity index (χ2v) is 5.00. The number of anilines is 1. The molecule has 3 N–H and O–H groups in total. The minimum atomic E-state index is -0.376. The Morgan fingerprint density at radius 2 is 2.00 bits per heavy atom. The van der Waals surface area contributed by atoms with Crippen molar-refractivity contribution in [2.45, 2.75) is 26.8 Å². The molecule has 0 aromatic heterocycles. The summed E-state index contributed by atoms with van der Waals surface area (Å²) < 4.78 is 0. The van der Waals surface area contributed by atoms with E-state index < -0.39 is 0 Å². The van der Waals surface area contributed by atoms with E-state index in [1.165, 1.54) is 9.80 Å². The topological polar surface area (TPSA) is 73.4 Å². The van der Waals surface area contributed by atoms with E-state index in [2.05, 4.69) is 0 Å². The van der Waals surface area contributed by atoms with E-state index in [4.69, 9.17) is 22.7 Å². The van der Waals surface area contributed by atoms with Gasteiger partial charge in [0.1, 0.15) is 0 Å². The number of hydrogen-bond acceptors (Lipinski definition) is 2. The first-order chi connectivity index (χ1) is 8.77. The highest BCUT2D eigenvalue weighted by atomic mass is 35.5. The normalized spacial score (nSPS) is 10.4. The maximum atomic E-state index is 12.4. The van der Waals surface area contributed by atoms with Crippen LogP contribution in [0.2, 0.25) is 5.02 Å². The average molecular weight is 283 g/mol. The van der Waals surface area contributed by atoms with Crippen LogP contribution in [-0.4, -0.2) is 30.0 Å². The van der Waals surface area contributed by atoms with Gasteiger partial charge < -0.3 is 5.73 Å². The van der Waals surface area contributed by atoms with Crippen molar-refractivity contribution in [3.8, 4) is 0 Å². The summed E-state index contributed by atoms with van der Waals surface area (Å²) in [5, 5.41) is 7.99. The zero-order valence-electron chi connectivity index (χ0n) is 11.6. The van der Waals surface area contributed by atoms with E-state index in [0.717, 1.165) is 5.56 Å². The molecular weight excluding hydrogens is 264 g/mol. The van der Waals surface area contributed by atoms with Gasteiger partial charge in [-0.1, -0.05) is 23.7 Å². The highest BCUT2D eigenvalue weighted by Gasteiger charge is 2.25. The number of aryl methyl sites for hydroxylation is 1. The van der Waals surface area contributed by atoms with Gasteiger partial charge in [-0.3, -0.25) is 15.2 Å². The maximum Gasteiger partial charge on any atom is 0.331 e. The van der Waals surface area contributed by atoms with Gasteiger partial charge in [-0.25, -0.2) is 4.79 Å². The smallest absolute Gasteiger partial charge is 0.331 e. The molecule has 0 bridgehead atoms. The second-order valence-electron chi connectivity index (χ2n) is 4.60. The van der Waals surface area contributed by atoms with Crippen LogP contribution in [0.25, 0.3) is 0 Å². The van der Waals surface area contributed by atoms with Crippen LogP contribution in [0.1, 0.15) is 19.4 Å². The number of nitrogens with zero attached hydrogens (tertiary/aromatic N) is 2. The third-order valence-corrected chi connectivity index (χ3v) is 3.10. The first-order valence-electron chi connectivity index (χ1n) is 5.93. The largest absolute Gasteiger partial charge is 0.370 e. The predicted octanol–water partition coefficient (Wildman–Crippen LogP) is 2.81. The average Bonchev–Trinajstić information content (AvgIpc) is 2.27. The molecule has 2 amide bonds. The molecule has 0 saturated heterocycles. The third-order valence-electron chi connectivity index (χ3n) is 2.79. The van der Waals surface area contributed by atoms with E-state index in [9.17, 15) is 4.79 Å². The number of urea groups is 1. The molecule has 0 fully saturated rings. The van der Waals surface area contributed by atoms with Gasteiger partial charge in [0.05, 0.1) is 10.7 Å². The Labute approximate surface area is 118 Å².